The first-order valence-corrected chi connectivity index (χ1v) is 6.88. The zero-order valence-electron chi connectivity index (χ0n) is 11.7. The average Bonchev–Trinajstić information content (AvgIpc) is 2.40. The summed E-state index contributed by atoms with van der Waals surface area (Å²) in [4.78, 5) is 0. The van der Waals surface area contributed by atoms with Crippen LogP contribution in [0.25, 0.3) is 0 Å². The first kappa shape index (κ1) is 13.8. The van der Waals surface area contributed by atoms with E-state index in [0.29, 0.717) is 6.42 Å². The van der Waals surface area contributed by atoms with E-state index in [4.69, 9.17) is 0 Å². The lowest BCUT2D eigenvalue weighted by molar-refractivity contribution is 0.00671. The predicted molar refractivity (Wildman–Crippen MR) is 80.1 cm³/mol. The average molecular weight is 254 g/mol. The van der Waals surface area contributed by atoms with Crippen molar-refractivity contribution in [1.82, 2.24) is 0 Å². The zero-order valence-corrected chi connectivity index (χ0v) is 11.7. The summed E-state index contributed by atoms with van der Waals surface area (Å²) in [5.41, 5.74) is 1.78. The molecule has 0 heterocycles. The maximum absolute atomic E-state index is 10.7. The van der Waals surface area contributed by atoms with E-state index in [2.05, 4.69) is 31.2 Å². The van der Waals surface area contributed by atoms with E-state index in [9.17, 15) is 5.11 Å². The molecule has 19 heavy (non-hydrogen) atoms. The lowest BCUT2D eigenvalue weighted by Gasteiger charge is -2.30. The van der Waals surface area contributed by atoms with Crippen LogP contribution in [0.4, 0.5) is 0 Å². The van der Waals surface area contributed by atoms with E-state index >= 15 is 0 Å². The molecule has 100 valence electrons. The van der Waals surface area contributed by atoms with Gasteiger partial charge < -0.3 is 5.11 Å². The maximum Gasteiger partial charge on any atom is 0.0688 e. The van der Waals surface area contributed by atoms with E-state index < -0.39 is 5.60 Å². The molecule has 0 saturated carbocycles. The first-order chi connectivity index (χ1) is 9.08. The molecule has 0 fully saturated rings. The molecule has 0 aliphatic carbocycles. The van der Waals surface area contributed by atoms with Crippen molar-refractivity contribution in [3.05, 3.63) is 71.8 Å². The van der Waals surface area contributed by atoms with Crippen LogP contribution in [-0.4, -0.2) is 10.7 Å². The van der Waals surface area contributed by atoms with E-state index in [-0.39, 0.29) is 5.92 Å². The van der Waals surface area contributed by atoms with Gasteiger partial charge in [0.05, 0.1) is 5.60 Å². The summed E-state index contributed by atoms with van der Waals surface area (Å²) in [6, 6.07) is 20.6. The van der Waals surface area contributed by atoms with Crippen molar-refractivity contribution in [1.29, 1.82) is 0 Å². The Morgan fingerprint density at radius 3 is 1.89 bits per heavy atom. The number of benzene rings is 2. The number of hydrogen-bond acceptors (Lipinski definition) is 1. The Morgan fingerprint density at radius 1 is 0.895 bits per heavy atom. The molecule has 2 aromatic rings. The van der Waals surface area contributed by atoms with Gasteiger partial charge in [0.15, 0.2) is 0 Å². The molecular weight excluding hydrogens is 232 g/mol. The third-order valence-electron chi connectivity index (χ3n) is 3.85. The summed E-state index contributed by atoms with van der Waals surface area (Å²) in [6.45, 7) is 4.06. The maximum atomic E-state index is 10.7. The molecule has 1 N–H and O–H groups in total. The third-order valence-corrected chi connectivity index (χ3v) is 3.85. The van der Waals surface area contributed by atoms with E-state index in [0.717, 1.165) is 6.42 Å². The van der Waals surface area contributed by atoms with Gasteiger partial charge in [-0.1, -0.05) is 67.6 Å². The smallest absolute Gasteiger partial charge is 0.0688 e. The second-order valence-electron chi connectivity index (χ2n) is 5.61. The molecule has 0 aliphatic heterocycles. The summed E-state index contributed by atoms with van der Waals surface area (Å²) < 4.78 is 0. The fourth-order valence-corrected chi connectivity index (χ4v) is 2.37. The normalized spacial score (nSPS) is 15.7. The Balaban J connectivity index is 2.02. The molecule has 0 aromatic heterocycles. The van der Waals surface area contributed by atoms with Gasteiger partial charge in [0.2, 0.25) is 0 Å². The standard InChI is InChI=1S/C18H22O/c1-15(13-16-9-5-3-6-10-16)18(2,19)14-17-11-7-4-8-12-17/h3-12,15,19H,13-14H2,1-2H3. The molecule has 1 nitrogen and oxygen atoms in total. The van der Waals surface area contributed by atoms with Crippen molar-refractivity contribution in [3.63, 3.8) is 0 Å². The Kier molecular flexibility index (Phi) is 4.39. The Labute approximate surface area is 115 Å². The van der Waals surface area contributed by atoms with Gasteiger partial charge in [-0.05, 0) is 30.4 Å². The molecule has 0 amide bonds. The summed E-state index contributed by atoms with van der Waals surface area (Å²) in [6.07, 6.45) is 1.60. The molecule has 2 aromatic carbocycles. The first-order valence-electron chi connectivity index (χ1n) is 6.88. The van der Waals surface area contributed by atoms with Crippen LogP contribution < -0.4 is 0 Å². The fourth-order valence-electron chi connectivity index (χ4n) is 2.37. The molecule has 2 rings (SSSR count). The van der Waals surface area contributed by atoms with E-state index in [1.54, 1.807) is 0 Å². The molecular formula is C18H22O. The van der Waals surface area contributed by atoms with Gasteiger partial charge in [-0.3, -0.25) is 0 Å². The van der Waals surface area contributed by atoms with Crippen molar-refractivity contribution in [2.45, 2.75) is 32.3 Å². The minimum absolute atomic E-state index is 0.218. The van der Waals surface area contributed by atoms with Gasteiger partial charge in [-0.2, -0.15) is 0 Å². The van der Waals surface area contributed by atoms with Crippen LogP contribution in [0.5, 0.6) is 0 Å². The van der Waals surface area contributed by atoms with Gasteiger partial charge in [0.25, 0.3) is 0 Å². The Hall–Kier alpha value is -1.60. The van der Waals surface area contributed by atoms with Gasteiger partial charge in [0, 0.05) is 6.42 Å². The second-order valence-corrected chi connectivity index (χ2v) is 5.61. The summed E-state index contributed by atoms with van der Waals surface area (Å²) in [5.74, 6) is 0.218. The lowest BCUT2D eigenvalue weighted by Crippen LogP contribution is -2.36. The van der Waals surface area contributed by atoms with Crippen LogP contribution in [0, 0.1) is 5.92 Å². The third kappa shape index (κ3) is 3.93. The van der Waals surface area contributed by atoms with Crippen LogP contribution in [-0.2, 0) is 12.8 Å². The van der Waals surface area contributed by atoms with Crippen molar-refractivity contribution in [3.8, 4) is 0 Å². The van der Waals surface area contributed by atoms with Gasteiger partial charge in [-0.15, -0.1) is 0 Å². The monoisotopic (exact) mass is 254 g/mol. The highest BCUT2D eigenvalue weighted by Crippen LogP contribution is 2.25. The van der Waals surface area contributed by atoms with Crippen molar-refractivity contribution >= 4 is 0 Å². The fraction of sp³-hybridized carbons (Fsp3) is 0.333. The summed E-state index contributed by atoms with van der Waals surface area (Å²) in [7, 11) is 0. The van der Waals surface area contributed by atoms with Crippen molar-refractivity contribution in [2.75, 3.05) is 0 Å². The zero-order chi connectivity index (χ0) is 13.7. The summed E-state index contributed by atoms with van der Waals surface area (Å²) >= 11 is 0. The number of rotatable bonds is 5. The lowest BCUT2D eigenvalue weighted by atomic mass is 9.81. The minimum Gasteiger partial charge on any atom is -0.390 e. The van der Waals surface area contributed by atoms with Gasteiger partial charge >= 0.3 is 0 Å². The molecule has 0 aliphatic rings. The molecule has 0 saturated heterocycles. The second kappa shape index (κ2) is 6.03. The highest BCUT2D eigenvalue weighted by atomic mass is 16.3. The van der Waals surface area contributed by atoms with Gasteiger partial charge in [0.1, 0.15) is 0 Å². The topological polar surface area (TPSA) is 20.2 Å². The molecule has 0 spiro atoms. The minimum atomic E-state index is -0.683. The van der Waals surface area contributed by atoms with Gasteiger partial charge in [-0.25, -0.2) is 0 Å². The molecule has 0 radical (unpaired) electrons. The van der Waals surface area contributed by atoms with Crippen molar-refractivity contribution < 1.29 is 5.11 Å². The molecule has 2 unspecified atom stereocenters. The van der Waals surface area contributed by atoms with E-state index in [1.165, 1.54) is 11.1 Å². The predicted octanol–water partition coefficient (Wildman–Crippen LogP) is 3.86. The SMILES string of the molecule is CC(Cc1ccccc1)C(C)(O)Cc1ccccc1. The quantitative estimate of drug-likeness (QED) is 0.859. The van der Waals surface area contributed by atoms with Crippen molar-refractivity contribution in [2.24, 2.45) is 5.92 Å². The molecule has 2 atom stereocenters. The molecule has 1 heteroatoms. The van der Waals surface area contributed by atoms with Crippen LogP contribution in [0.15, 0.2) is 60.7 Å². The Bertz CT molecular complexity index is 488. The van der Waals surface area contributed by atoms with Crippen LogP contribution >= 0.6 is 0 Å². The highest BCUT2D eigenvalue weighted by molar-refractivity contribution is 5.19. The molecule has 0 bridgehead atoms. The van der Waals surface area contributed by atoms with Crippen LogP contribution in [0.2, 0.25) is 0 Å². The summed E-state index contributed by atoms with van der Waals surface area (Å²) in [5, 5.41) is 10.7. The van der Waals surface area contributed by atoms with Crippen LogP contribution in [0.1, 0.15) is 25.0 Å². The number of aliphatic hydroxyl groups is 1. The van der Waals surface area contributed by atoms with E-state index in [1.807, 2.05) is 43.3 Å². The number of hydrogen-bond donors (Lipinski definition) is 1. The van der Waals surface area contributed by atoms with Crippen LogP contribution in [0.3, 0.4) is 0 Å². The highest BCUT2D eigenvalue weighted by Gasteiger charge is 2.28. The Morgan fingerprint density at radius 2 is 1.37 bits per heavy atom. The largest absolute Gasteiger partial charge is 0.390 e.